The molecule has 1 aromatic rings. The lowest BCUT2D eigenvalue weighted by Gasteiger charge is -2.29. The fraction of sp³-hybridized carbons (Fsp3) is 0.500. The van der Waals surface area contributed by atoms with E-state index in [0.717, 1.165) is 4.90 Å². The van der Waals surface area contributed by atoms with Crippen molar-refractivity contribution < 1.29 is 28.3 Å². The minimum Gasteiger partial charge on any atom is -0.480 e. The quantitative estimate of drug-likeness (QED) is 0.863. The lowest BCUT2D eigenvalue weighted by molar-refractivity contribution is -0.159. The maximum absolute atomic E-state index is 14.5. The van der Waals surface area contributed by atoms with E-state index in [1.54, 1.807) is 6.07 Å². The minimum atomic E-state index is -3.62. The van der Waals surface area contributed by atoms with Gasteiger partial charge in [-0.05, 0) is 19.3 Å². The Labute approximate surface area is 150 Å². The van der Waals surface area contributed by atoms with Gasteiger partial charge >= 0.3 is 11.9 Å². The Balaban J connectivity index is 2.09. The van der Waals surface area contributed by atoms with Gasteiger partial charge in [0.15, 0.2) is 0 Å². The summed E-state index contributed by atoms with van der Waals surface area (Å²) in [5.41, 5.74) is -0.359. The van der Waals surface area contributed by atoms with Crippen LogP contribution in [0.2, 0.25) is 0 Å². The van der Waals surface area contributed by atoms with Crippen molar-refractivity contribution in [2.45, 2.75) is 38.2 Å². The molecule has 1 aromatic carbocycles. The normalized spacial score (nSPS) is 18.1. The average Bonchev–Trinajstić information content (AvgIpc) is 2.85. The number of likely N-dealkylation sites (tertiary alicyclic amines) is 1. The van der Waals surface area contributed by atoms with Crippen molar-refractivity contribution in [3.63, 3.8) is 0 Å². The summed E-state index contributed by atoms with van der Waals surface area (Å²) >= 11 is 0. The van der Waals surface area contributed by atoms with Crippen LogP contribution in [0.15, 0.2) is 30.3 Å². The molecule has 1 aliphatic heterocycles. The topological polar surface area (TPSA) is 77.9 Å². The van der Waals surface area contributed by atoms with Crippen molar-refractivity contribution in [3.05, 3.63) is 35.9 Å². The fourth-order valence-electron chi connectivity index (χ4n) is 3.21. The van der Waals surface area contributed by atoms with Crippen LogP contribution < -0.4 is 0 Å². The zero-order valence-corrected chi connectivity index (χ0v) is 14.5. The first kappa shape index (κ1) is 19.8. The van der Waals surface area contributed by atoms with E-state index in [0.29, 0.717) is 12.8 Å². The van der Waals surface area contributed by atoms with Crippen LogP contribution in [0.4, 0.5) is 8.78 Å². The molecule has 1 heterocycles. The highest BCUT2D eigenvalue weighted by Crippen LogP contribution is 2.31. The molecule has 0 aromatic heterocycles. The van der Waals surface area contributed by atoms with Gasteiger partial charge in [-0.1, -0.05) is 30.3 Å². The summed E-state index contributed by atoms with van der Waals surface area (Å²) in [5, 5.41) is 8.95. The molecule has 0 spiro atoms. The van der Waals surface area contributed by atoms with Gasteiger partial charge in [-0.25, -0.2) is 0 Å². The van der Waals surface area contributed by atoms with Crippen LogP contribution in [-0.4, -0.2) is 58.4 Å². The first-order valence-electron chi connectivity index (χ1n) is 8.45. The molecule has 1 saturated heterocycles. The molecule has 0 bridgehead atoms. The van der Waals surface area contributed by atoms with Gasteiger partial charge in [-0.3, -0.25) is 14.4 Å². The molecular formula is C18H22F2N2O4. The van der Waals surface area contributed by atoms with Gasteiger partial charge in [0, 0.05) is 31.6 Å². The average molecular weight is 368 g/mol. The molecule has 2 amide bonds. The van der Waals surface area contributed by atoms with Crippen molar-refractivity contribution in [1.82, 2.24) is 9.80 Å². The van der Waals surface area contributed by atoms with Crippen LogP contribution in [-0.2, 0) is 20.3 Å². The molecule has 1 unspecified atom stereocenters. The summed E-state index contributed by atoms with van der Waals surface area (Å²) < 4.78 is 29.0. The number of hydrogen-bond donors (Lipinski definition) is 1. The summed E-state index contributed by atoms with van der Waals surface area (Å²) in [5.74, 6) is -6.40. The number of amides is 2. The van der Waals surface area contributed by atoms with E-state index >= 15 is 0 Å². The number of carbonyl (C=O) groups is 3. The summed E-state index contributed by atoms with van der Waals surface area (Å²) in [7, 11) is 0. The van der Waals surface area contributed by atoms with Gasteiger partial charge in [0.05, 0.1) is 0 Å². The van der Waals surface area contributed by atoms with E-state index in [1.807, 2.05) is 0 Å². The SMILES string of the molecule is CC(=O)N(CC(=O)O)C1CCCN(C(=O)C(F)(F)c2ccccc2)CC1. The van der Waals surface area contributed by atoms with Gasteiger partial charge in [0.2, 0.25) is 5.91 Å². The molecule has 0 radical (unpaired) electrons. The van der Waals surface area contributed by atoms with Gasteiger partial charge in [0.1, 0.15) is 6.54 Å². The van der Waals surface area contributed by atoms with Crippen LogP contribution in [0.3, 0.4) is 0 Å². The van der Waals surface area contributed by atoms with Gasteiger partial charge in [0.25, 0.3) is 5.91 Å². The predicted molar refractivity (Wildman–Crippen MR) is 89.6 cm³/mol. The van der Waals surface area contributed by atoms with Crippen molar-refractivity contribution >= 4 is 17.8 Å². The second-order valence-corrected chi connectivity index (χ2v) is 6.36. The Hall–Kier alpha value is -2.51. The lowest BCUT2D eigenvalue weighted by atomic mass is 10.1. The Morgan fingerprint density at radius 1 is 1.19 bits per heavy atom. The third kappa shape index (κ3) is 4.56. The zero-order valence-electron chi connectivity index (χ0n) is 14.5. The number of carbonyl (C=O) groups excluding carboxylic acids is 2. The molecule has 6 nitrogen and oxygen atoms in total. The van der Waals surface area contributed by atoms with E-state index in [4.69, 9.17) is 5.11 Å². The van der Waals surface area contributed by atoms with Crippen molar-refractivity contribution in [1.29, 1.82) is 0 Å². The van der Waals surface area contributed by atoms with E-state index in [9.17, 15) is 23.2 Å². The van der Waals surface area contributed by atoms with Gasteiger partial charge in [-0.2, -0.15) is 8.78 Å². The lowest BCUT2D eigenvalue weighted by Crippen LogP contribution is -2.44. The number of benzene rings is 1. The van der Waals surface area contributed by atoms with E-state index < -0.39 is 24.3 Å². The molecule has 0 saturated carbocycles. The second kappa shape index (κ2) is 8.25. The number of rotatable bonds is 5. The second-order valence-electron chi connectivity index (χ2n) is 6.36. The number of halogens is 2. The third-order valence-corrected chi connectivity index (χ3v) is 4.54. The van der Waals surface area contributed by atoms with Crippen LogP contribution in [0.5, 0.6) is 0 Å². The van der Waals surface area contributed by atoms with Crippen LogP contribution >= 0.6 is 0 Å². The highest BCUT2D eigenvalue weighted by molar-refractivity contribution is 5.85. The maximum Gasteiger partial charge on any atom is 0.349 e. The molecule has 142 valence electrons. The molecule has 1 fully saturated rings. The molecule has 1 aliphatic rings. The number of nitrogens with zero attached hydrogens (tertiary/aromatic N) is 2. The largest absolute Gasteiger partial charge is 0.480 e. The first-order chi connectivity index (χ1) is 12.2. The Morgan fingerprint density at radius 3 is 2.42 bits per heavy atom. The molecule has 1 atom stereocenters. The Morgan fingerprint density at radius 2 is 1.85 bits per heavy atom. The monoisotopic (exact) mass is 368 g/mol. The predicted octanol–water partition coefficient (Wildman–Crippen LogP) is 2.09. The number of carboxylic acid groups (broad SMARTS) is 1. The third-order valence-electron chi connectivity index (χ3n) is 4.54. The Bertz CT molecular complexity index is 666. The van der Waals surface area contributed by atoms with Gasteiger partial charge < -0.3 is 14.9 Å². The molecule has 2 rings (SSSR count). The number of alkyl halides is 2. The smallest absolute Gasteiger partial charge is 0.349 e. The van der Waals surface area contributed by atoms with Gasteiger partial charge in [-0.15, -0.1) is 0 Å². The number of hydrogen-bond acceptors (Lipinski definition) is 3. The van der Waals surface area contributed by atoms with Crippen LogP contribution in [0, 0.1) is 0 Å². The van der Waals surface area contributed by atoms with Crippen LogP contribution in [0.25, 0.3) is 0 Å². The molecule has 26 heavy (non-hydrogen) atoms. The Kier molecular flexibility index (Phi) is 6.28. The summed E-state index contributed by atoms with van der Waals surface area (Å²) in [6.45, 7) is 1.04. The molecule has 8 heteroatoms. The highest BCUT2D eigenvalue weighted by atomic mass is 19.3. The summed E-state index contributed by atoms with van der Waals surface area (Å²) in [4.78, 5) is 37.4. The summed E-state index contributed by atoms with van der Waals surface area (Å²) in [6.07, 6.45) is 1.15. The van der Waals surface area contributed by atoms with E-state index in [2.05, 4.69) is 0 Å². The molecule has 0 aliphatic carbocycles. The highest BCUT2D eigenvalue weighted by Gasteiger charge is 2.44. The van der Waals surface area contributed by atoms with E-state index in [-0.39, 0.29) is 37.0 Å². The van der Waals surface area contributed by atoms with Crippen LogP contribution in [0.1, 0.15) is 31.7 Å². The fourth-order valence-corrected chi connectivity index (χ4v) is 3.21. The zero-order chi connectivity index (χ0) is 19.3. The maximum atomic E-state index is 14.5. The molecule has 1 N–H and O–H groups in total. The minimum absolute atomic E-state index is 0.0509. The number of aliphatic carboxylic acids is 1. The van der Waals surface area contributed by atoms with Crippen molar-refractivity contribution in [3.8, 4) is 0 Å². The van der Waals surface area contributed by atoms with Crippen molar-refractivity contribution in [2.24, 2.45) is 0 Å². The molecular weight excluding hydrogens is 346 g/mol. The van der Waals surface area contributed by atoms with Crippen molar-refractivity contribution in [2.75, 3.05) is 19.6 Å². The first-order valence-corrected chi connectivity index (χ1v) is 8.45. The summed E-state index contributed by atoms with van der Waals surface area (Å²) in [6, 6.07) is 6.54. The number of carboxylic acids is 1. The van der Waals surface area contributed by atoms with E-state index in [1.165, 1.54) is 36.1 Å². The standard InChI is InChI=1S/C18H22F2N2O4/c1-13(23)22(12-16(24)25)15-8-5-10-21(11-9-15)17(26)18(19,20)14-6-3-2-4-7-14/h2-4,6-7,15H,5,8-12H2,1H3,(H,24,25).